The number of benzene rings is 1. The summed E-state index contributed by atoms with van der Waals surface area (Å²) in [6.45, 7) is 0. The third-order valence-electron chi connectivity index (χ3n) is 2.92. The van der Waals surface area contributed by atoms with Crippen molar-refractivity contribution in [2.24, 2.45) is 0 Å². The lowest BCUT2D eigenvalue weighted by Crippen LogP contribution is -2.07. The smallest absolute Gasteiger partial charge is 0.213 e. The molecule has 0 atom stereocenters. The normalized spacial score (nSPS) is 10.1. The summed E-state index contributed by atoms with van der Waals surface area (Å²) in [7, 11) is 0. The van der Waals surface area contributed by atoms with Crippen molar-refractivity contribution in [2.75, 3.05) is 5.73 Å². The van der Waals surface area contributed by atoms with Crippen molar-refractivity contribution < 1.29 is 4.79 Å². The zero-order valence-electron chi connectivity index (χ0n) is 10.1. The Bertz CT molecular complexity index is 765. The van der Waals surface area contributed by atoms with Crippen LogP contribution in [0, 0.1) is 12.1 Å². The number of anilines is 1. The molecule has 0 radical (unpaired) electrons. The van der Waals surface area contributed by atoms with Crippen LogP contribution in [0.5, 0.6) is 0 Å². The molecular formula is C16H10N2O. The molecule has 0 bridgehead atoms. The maximum Gasteiger partial charge on any atom is 0.213 e. The maximum absolute atomic E-state index is 12.4. The molecule has 3 aromatic rings. The Morgan fingerprint density at radius 1 is 1.21 bits per heavy atom. The molecule has 3 nitrogen and oxygen atoms in total. The Morgan fingerprint density at radius 3 is 2.95 bits per heavy atom. The highest BCUT2D eigenvalue weighted by molar-refractivity contribution is 6.12. The third kappa shape index (κ3) is 2.00. The molecule has 0 saturated carbocycles. The van der Waals surface area contributed by atoms with Crippen molar-refractivity contribution in [3.05, 3.63) is 72.1 Å². The van der Waals surface area contributed by atoms with Crippen LogP contribution in [0.1, 0.15) is 16.1 Å². The number of aromatic nitrogens is 1. The lowest BCUT2D eigenvalue weighted by atomic mass is 10.0. The minimum absolute atomic E-state index is 0.173. The molecule has 0 amide bonds. The molecule has 2 aromatic carbocycles. The molecule has 90 valence electrons. The number of pyridine rings is 1. The van der Waals surface area contributed by atoms with Gasteiger partial charge in [-0.3, -0.25) is 9.78 Å². The molecular weight excluding hydrogens is 236 g/mol. The van der Waals surface area contributed by atoms with E-state index in [1.54, 1.807) is 30.5 Å². The molecule has 0 saturated heterocycles. The number of ketones is 1. The second-order valence-electron chi connectivity index (χ2n) is 4.18. The Morgan fingerprint density at radius 2 is 2.11 bits per heavy atom. The molecule has 3 heteroatoms. The van der Waals surface area contributed by atoms with E-state index in [9.17, 15) is 4.79 Å². The van der Waals surface area contributed by atoms with E-state index in [-0.39, 0.29) is 11.5 Å². The maximum atomic E-state index is 12.4. The zero-order valence-corrected chi connectivity index (χ0v) is 10.1. The summed E-state index contributed by atoms with van der Waals surface area (Å²) in [5, 5.41) is 1.87. The van der Waals surface area contributed by atoms with Crippen LogP contribution in [0.25, 0.3) is 10.8 Å². The van der Waals surface area contributed by atoms with Gasteiger partial charge in [0, 0.05) is 17.1 Å². The lowest BCUT2D eigenvalue weighted by molar-refractivity contribution is 0.103. The van der Waals surface area contributed by atoms with Crippen molar-refractivity contribution in [1.82, 2.24) is 4.98 Å². The lowest BCUT2D eigenvalue weighted by Gasteiger charge is -2.04. The molecule has 3 rings (SSSR count). The van der Waals surface area contributed by atoms with Gasteiger partial charge in [0.05, 0.1) is 5.69 Å². The van der Waals surface area contributed by atoms with Crippen molar-refractivity contribution in [3.63, 3.8) is 0 Å². The second-order valence-corrected chi connectivity index (χ2v) is 4.18. The summed E-state index contributed by atoms with van der Waals surface area (Å²) in [6, 6.07) is 18.3. The first kappa shape index (κ1) is 11.2. The van der Waals surface area contributed by atoms with Gasteiger partial charge in [-0.25, -0.2) is 0 Å². The Kier molecular flexibility index (Phi) is 2.62. The second kappa shape index (κ2) is 4.43. The monoisotopic (exact) mass is 246 g/mol. The quantitative estimate of drug-likeness (QED) is 0.707. The number of nitrogen functional groups attached to an aromatic ring is 1. The van der Waals surface area contributed by atoms with Gasteiger partial charge in [-0.15, -0.1) is 0 Å². The SMILES string of the molecule is Nc1cccnc1C(=O)c1ccc2c#cccc2c1. The van der Waals surface area contributed by atoms with Gasteiger partial charge in [0.15, 0.2) is 0 Å². The van der Waals surface area contributed by atoms with Crippen molar-refractivity contribution in [2.45, 2.75) is 0 Å². The first-order valence-electron chi connectivity index (χ1n) is 5.83. The minimum Gasteiger partial charge on any atom is -0.397 e. The molecule has 0 aliphatic rings. The van der Waals surface area contributed by atoms with Crippen molar-refractivity contribution >= 4 is 22.2 Å². The van der Waals surface area contributed by atoms with Crippen LogP contribution in [0.15, 0.2) is 48.7 Å². The van der Waals surface area contributed by atoms with E-state index >= 15 is 0 Å². The molecule has 2 N–H and O–H groups in total. The van der Waals surface area contributed by atoms with E-state index < -0.39 is 0 Å². The van der Waals surface area contributed by atoms with E-state index in [1.165, 1.54) is 0 Å². The summed E-state index contributed by atoms with van der Waals surface area (Å²) in [4.78, 5) is 16.4. The number of nitrogens with zero attached hydrogens (tertiary/aromatic N) is 1. The van der Waals surface area contributed by atoms with E-state index in [4.69, 9.17) is 5.73 Å². The van der Waals surface area contributed by atoms with Gasteiger partial charge >= 0.3 is 0 Å². The van der Waals surface area contributed by atoms with Crippen LogP contribution in [0.4, 0.5) is 5.69 Å². The van der Waals surface area contributed by atoms with Gasteiger partial charge in [-0.05, 0) is 47.9 Å². The largest absolute Gasteiger partial charge is 0.397 e. The molecule has 0 aliphatic carbocycles. The zero-order chi connectivity index (χ0) is 13.2. The predicted octanol–water partition coefficient (Wildman–Crippen LogP) is 2.65. The summed E-state index contributed by atoms with van der Waals surface area (Å²) < 4.78 is 0. The number of fused-ring (bicyclic) bond motifs is 1. The van der Waals surface area contributed by atoms with Gasteiger partial charge in [0.1, 0.15) is 5.69 Å². The summed E-state index contributed by atoms with van der Waals surface area (Å²) in [6.07, 6.45) is 1.56. The van der Waals surface area contributed by atoms with E-state index in [0.29, 0.717) is 11.3 Å². The van der Waals surface area contributed by atoms with Crippen LogP contribution in [-0.4, -0.2) is 10.8 Å². The van der Waals surface area contributed by atoms with Crippen LogP contribution in [-0.2, 0) is 0 Å². The van der Waals surface area contributed by atoms with E-state index in [1.807, 2.05) is 18.2 Å². The van der Waals surface area contributed by atoms with Crippen LogP contribution in [0.2, 0.25) is 0 Å². The van der Waals surface area contributed by atoms with Crippen molar-refractivity contribution in [3.8, 4) is 0 Å². The van der Waals surface area contributed by atoms with Gasteiger partial charge in [-0.1, -0.05) is 12.1 Å². The molecule has 0 aliphatic heterocycles. The molecule has 0 fully saturated rings. The van der Waals surface area contributed by atoms with Gasteiger partial charge in [-0.2, -0.15) is 0 Å². The highest BCUT2D eigenvalue weighted by atomic mass is 16.1. The number of carbonyl (C=O) groups is 1. The first-order chi connectivity index (χ1) is 9.25. The minimum atomic E-state index is -0.173. The van der Waals surface area contributed by atoms with Crippen LogP contribution in [0.3, 0.4) is 0 Å². The standard InChI is InChI=1S/C16H10N2O/c17-14-6-3-9-18-15(14)16(19)13-8-7-11-4-1-2-5-12(11)10-13/h2-3,5-10H,17H2. The Hall–Kier alpha value is -2.86. The predicted molar refractivity (Wildman–Crippen MR) is 73.7 cm³/mol. The Balaban J connectivity index is 2.09. The third-order valence-corrected chi connectivity index (χ3v) is 2.92. The van der Waals surface area contributed by atoms with E-state index in [0.717, 1.165) is 10.8 Å². The van der Waals surface area contributed by atoms with Crippen LogP contribution >= 0.6 is 0 Å². The summed E-state index contributed by atoms with van der Waals surface area (Å²) >= 11 is 0. The molecule has 0 spiro atoms. The van der Waals surface area contributed by atoms with E-state index in [2.05, 4.69) is 17.1 Å². The average Bonchev–Trinajstić information content (AvgIpc) is 2.46. The molecule has 19 heavy (non-hydrogen) atoms. The summed E-state index contributed by atoms with van der Waals surface area (Å²) in [5.74, 6) is -0.173. The fourth-order valence-corrected chi connectivity index (χ4v) is 1.95. The fourth-order valence-electron chi connectivity index (χ4n) is 1.95. The number of nitrogens with two attached hydrogens (primary N) is 1. The first-order valence-corrected chi connectivity index (χ1v) is 5.83. The Labute approximate surface area is 110 Å². The van der Waals surface area contributed by atoms with Crippen LogP contribution < -0.4 is 5.73 Å². The molecule has 1 heterocycles. The molecule has 0 unspecified atom stereocenters. The van der Waals surface area contributed by atoms with Gasteiger partial charge in [0.2, 0.25) is 5.78 Å². The number of hydrogen-bond donors (Lipinski definition) is 1. The number of hydrogen-bond acceptors (Lipinski definition) is 3. The molecule has 1 aromatic heterocycles. The van der Waals surface area contributed by atoms with Gasteiger partial charge in [0.25, 0.3) is 0 Å². The average molecular weight is 246 g/mol. The number of rotatable bonds is 2. The highest BCUT2D eigenvalue weighted by Gasteiger charge is 2.13. The van der Waals surface area contributed by atoms with Crippen molar-refractivity contribution in [1.29, 1.82) is 0 Å². The fraction of sp³-hybridized carbons (Fsp3) is 0. The van der Waals surface area contributed by atoms with Gasteiger partial charge < -0.3 is 5.73 Å². The summed E-state index contributed by atoms with van der Waals surface area (Å²) in [5.41, 5.74) is 7.02. The highest BCUT2D eigenvalue weighted by Crippen LogP contribution is 2.18. The number of carbonyl (C=O) groups excluding carboxylic acids is 1. The topological polar surface area (TPSA) is 56.0 Å².